The van der Waals surface area contributed by atoms with Crippen LogP contribution < -0.4 is 5.48 Å². The molecule has 0 aliphatic rings. The Morgan fingerprint density at radius 1 is 1.47 bits per heavy atom. The molecular formula is C13H16BrNO2. The fourth-order valence-electron chi connectivity index (χ4n) is 1.09. The van der Waals surface area contributed by atoms with E-state index >= 15 is 0 Å². The standard InChI is InChI=1S/C13H16BrNO2/c1-10(2)9-17-15-13(16)8-7-11-5-3-4-6-12(11)14/h3-8,10H,9H2,1-2H3,(H,15,16)/b8-7+. The summed E-state index contributed by atoms with van der Waals surface area (Å²) in [4.78, 5) is 16.4. The SMILES string of the molecule is CC(C)CONC(=O)/C=C/c1ccccc1Br. The Kier molecular flexibility index (Phi) is 5.94. The van der Waals surface area contributed by atoms with Gasteiger partial charge in [-0.25, -0.2) is 5.48 Å². The van der Waals surface area contributed by atoms with E-state index in [-0.39, 0.29) is 5.91 Å². The van der Waals surface area contributed by atoms with Crippen LogP contribution in [0.4, 0.5) is 0 Å². The Bertz CT molecular complexity index is 402. The predicted molar refractivity (Wildman–Crippen MR) is 72.1 cm³/mol. The van der Waals surface area contributed by atoms with Crippen molar-refractivity contribution >= 4 is 27.9 Å². The Labute approximate surface area is 110 Å². The molecule has 17 heavy (non-hydrogen) atoms. The van der Waals surface area contributed by atoms with Crippen molar-refractivity contribution in [1.29, 1.82) is 0 Å². The number of amides is 1. The first-order chi connectivity index (χ1) is 8.09. The van der Waals surface area contributed by atoms with E-state index < -0.39 is 0 Å². The van der Waals surface area contributed by atoms with Gasteiger partial charge in [-0.3, -0.25) is 9.63 Å². The van der Waals surface area contributed by atoms with E-state index in [0.29, 0.717) is 12.5 Å². The van der Waals surface area contributed by atoms with Crippen LogP contribution in [-0.4, -0.2) is 12.5 Å². The number of rotatable bonds is 5. The van der Waals surface area contributed by atoms with Crippen LogP contribution in [0.5, 0.6) is 0 Å². The highest BCUT2D eigenvalue weighted by molar-refractivity contribution is 9.10. The summed E-state index contributed by atoms with van der Waals surface area (Å²) in [6, 6.07) is 7.68. The molecule has 0 bridgehead atoms. The summed E-state index contributed by atoms with van der Waals surface area (Å²) in [7, 11) is 0. The second-order valence-corrected chi connectivity index (χ2v) is 4.88. The van der Waals surface area contributed by atoms with Crippen molar-refractivity contribution in [1.82, 2.24) is 5.48 Å². The second kappa shape index (κ2) is 7.25. The summed E-state index contributed by atoms with van der Waals surface area (Å²) in [6.45, 7) is 4.54. The van der Waals surface area contributed by atoms with Crippen LogP contribution >= 0.6 is 15.9 Å². The fraction of sp³-hybridized carbons (Fsp3) is 0.308. The molecule has 1 N–H and O–H groups in total. The maximum atomic E-state index is 11.4. The zero-order chi connectivity index (χ0) is 12.7. The van der Waals surface area contributed by atoms with Gasteiger partial charge in [0.1, 0.15) is 0 Å². The molecular weight excluding hydrogens is 282 g/mol. The molecule has 0 aromatic heterocycles. The molecule has 0 fully saturated rings. The molecule has 0 heterocycles. The number of hydrogen-bond acceptors (Lipinski definition) is 2. The topological polar surface area (TPSA) is 38.3 Å². The number of nitrogens with one attached hydrogen (secondary N) is 1. The maximum Gasteiger partial charge on any atom is 0.267 e. The lowest BCUT2D eigenvalue weighted by Gasteiger charge is -2.05. The first-order valence-corrected chi connectivity index (χ1v) is 6.23. The third-order valence-electron chi connectivity index (χ3n) is 1.91. The summed E-state index contributed by atoms with van der Waals surface area (Å²) >= 11 is 3.40. The molecule has 1 amide bonds. The highest BCUT2D eigenvalue weighted by Crippen LogP contribution is 2.16. The summed E-state index contributed by atoms with van der Waals surface area (Å²) in [5.74, 6) is 0.129. The van der Waals surface area contributed by atoms with E-state index in [9.17, 15) is 4.79 Å². The van der Waals surface area contributed by atoms with E-state index in [0.717, 1.165) is 10.0 Å². The minimum atomic E-state index is -0.263. The van der Waals surface area contributed by atoms with E-state index in [1.54, 1.807) is 6.08 Å². The number of benzene rings is 1. The number of carbonyl (C=O) groups excluding carboxylic acids is 1. The number of hydroxylamine groups is 1. The average Bonchev–Trinajstić information content (AvgIpc) is 2.27. The van der Waals surface area contributed by atoms with Crippen LogP contribution in [0.1, 0.15) is 19.4 Å². The zero-order valence-electron chi connectivity index (χ0n) is 9.94. The fourth-order valence-corrected chi connectivity index (χ4v) is 1.51. The van der Waals surface area contributed by atoms with Gasteiger partial charge in [0.15, 0.2) is 0 Å². The van der Waals surface area contributed by atoms with Crippen molar-refractivity contribution in [3.63, 3.8) is 0 Å². The molecule has 92 valence electrons. The van der Waals surface area contributed by atoms with Crippen LogP contribution in [0.25, 0.3) is 6.08 Å². The van der Waals surface area contributed by atoms with Gasteiger partial charge < -0.3 is 0 Å². The van der Waals surface area contributed by atoms with Gasteiger partial charge in [0, 0.05) is 10.5 Å². The van der Waals surface area contributed by atoms with Crippen molar-refractivity contribution in [3.8, 4) is 0 Å². The van der Waals surface area contributed by atoms with Gasteiger partial charge in [-0.15, -0.1) is 0 Å². The quantitative estimate of drug-likeness (QED) is 0.670. The summed E-state index contributed by atoms with van der Waals surface area (Å²) in [5, 5.41) is 0. The average molecular weight is 298 g/mol. The normalized spacial score (nSPS) is 11.1. The molecule has 0 unspecified atom stereocenters. The third-order valence-corrected chi connectivity index (χ3v) is 2.63. The largest absolute Gasteiger partial charge is 0.273 e. The van der Waals surface area contributed by atoms with Crippen LogP contribution in [0.2, 0.25) is 0 Å². The maximum absolute atomic E-state index is 11.4. The van der Waals surface area contributed by atoms with Gasteiger partial charge >= 0.3 is 0 Å². The van der Waals surface area contributed by atoms with Crippen molar-refractivity contribution < 1.29 is 9.63 Å². The number of halogens is 1. The Morgan fingerprint density at radius 3 is 2.82 bits per heavy atom. The molecule has 1 aromatic carbocycles. The van der Waals surface area contributed by atoms with Gasteiger partial charge in [0.2, 0.25) is 0 Å². The molecule has 0 spiro atoms. The molecule has 3 nitrogen and oxygen atoms in total. The van der Waals surface area contributed by atoms with Crippen molar-refractivity contribution in [2.45, 2.75) is 13.8 Å². The zero-order valence-corrected chi connectivity index (χ0v) is 11.5. The van der Waals surface area contributed by atoms with E-state index in [4.69, 9.17) is 4.84 Å². The van der Waals surface area contributed by atoms with Gasteiger partial charge in [0.05, 0.1) is 6.61 Å². The molecule has 1 aromatic rings. The third kappa shape index (κ3) is 5.65. The molecule has 4 heteroatoms. The van der Waals surface area contributed by atoms with Crippen LogP contribution in [0.3, 0.4) is 0 Å². The highest BCUT2D eigenvalue weighted by atomic mass is 79.9. The Morgan fingerprint density at radius 2 is 2.18 bits per heavy atom. The summed E-state index contributed by atoms with van der Waals surface area (Å²) < 4.78 is 0.951. The number of carbonyl (C=O) groups is 1. The smallest absolute Gasteiger partial charge is 0.267 e. The van der Waals surface area contributed by atoms with E-state index in [2.05, 4.69) is 21.4 Å². The minimum Gasteiger partial charge on any atom is -0.273 e. The molecule has 0 aliphatic heterocycles. The van der Waals surface area contributed by atoms with Gasteiger partial charge in [-0.1, -0.05) is 48.0 Å². The van der Waals surface area contributed by atoms with Crippen LogP contribution in [-0.2, 0) is 9.63 Å². The molecule has 1 rings (SSSR count). The first-order valence-electron chi connectivity index (χ1n) is 5.44. The van der Waals surface area contributed by atoms with Crippen molar-refractivity contribution in [2.75, 3.05) is 6.61 Å². The van der Waals surface area contributed by atoms with Crippen LogP contribution in [0, 0.1) is 5.92 Å². The first kappa shape index (κ1) is 13.9. The second-order valence-electron chi connectivity index (χ2n) is 4.03. The molecule has 0 saturated heterocycles. The van der Waals surface area contributed by atoms with Crippen LogP contribution in [0.15, 0.2) is 34.8 Å². The molecule has 0 radical (unpaired) electrons. The summed E-state index contributed by atoms with van der Waals surface area (Å²) in [5.41, 5.74) is 3.31. The molecule has 0 atom stereocenters. The van der Waals surface area contributed by atoms with Gasteiger partial charge in [-0.05, 0) is 23.6 Å². The van der Waals surface area contributed by atoms with Crippen molar-refractivity contribution in [2.24, 2.45) is 5.92 Å². The minimum absolute atomic E-state index is 0.263. The monoisotopic (exact) mass is 297 g/mol. The molecule has 0 saturated carbocycles. The number of hydrogen-bond donors (Lipinski definition) is 1. The lowest BCUT2D eigenvalue weighted by Crippen LogP contribution is -2.23. The lowest BCUT2D eigenvalue weighted by molar-refractivity contribution is -0.129. The molecule has 0 aliphatic carbocycles. The Hall–Kier alpha value is -1.13. The predicted octanol–water partition coefficient (Wildman–Crippen LogP) is 3.17. The van der Waals surface area contributed by atoms with E-state index in [1.807, 2.05) is 38.1 Å². The van der Waals surface area contributed by atoms with Crippen molar-refractivity contribution in [3.05, 3.63) is 40.4 Å². The van der Waals surface area contributed by atoms with Gasteiger partial charge in [-0.2, -0.15) is 0 Å². The van der Waals surface area contributed by atoms with Gasteiger partial charge in [0.25, 0.3) is 5.91 Å². The summed E-state index contributed by atoms with van der Waals surface area (Å²) in [6.07, 6.45) is 3.18. The van der Waals surface area contributed by atoms with E-state index in [1.165, 1.54) is 6.08 Å². The Balaban J connectivity index is 2.43. The highest BCUT2D eigenvalue weighted by Gasteiger charge is 1.98. The lowest BCUT2D eigenvalue weighted by atomic mass is 10.2.